The van der Waals surface area contributed by atoms with Crippen LogP contribution in [0.5, 0.6) is 0 Å². The van der Waals surface area contributed by atoms with Crippen LogP contribution >= 0.6 is 0 Å². The van der Waals surface area contributed by atoms with Gasteiger partial charge in [-0.25, -0.2) is 6.57 Å². The third kappa shape index (κ3) is 1.50. The second kappa shape index (κ2) is 3.43. The average Bonchev–Trinajstić information content (AvgIpc) is 2.46. The minimum absolute atomic E-state index is 0.472. The smallest absolute Gasteiger partial charge is 0.241 e. The van der Waals surface area contributed by atoms with Gasteiger partial charge >= 0.3 is 0 Å². The molecule has 0 atom stereocenters. The van der Waals surface area contributed by atoms with Crippen molar-refractivity contribution in [2.75, 3.05) is 0 Å². The number of rotatable bonds is 1. The highest BCUT2D eigenvalue weighted by molar-refractivity contribution is 5.85. The largest absolute Gasteiger partial charge is 0.350 e. The molecule has 0 unspecified atom stereocenters. The van der Waals surface area contributed by atoms with E-state index in [0.717, 1.165) is 5.56 Å². The van der Waals surface area contributed by atoms with Crippen molar-refractivity contribution in [3.63, 3.8) is 0 Å². The number of benzene rings is 1. The van der Waals surface area contributed by atoms with Crippen molar-refractivity contribution in [2.24, 2.45) is 7.05 Å². The first-order valence-corrected chi connectivity index (χ1v) is 5.02. The first-order chi connectivity index (χ1) is 7.13. The minimum Gasteiger partial charge on any atom is -0.350 e. The highest BCUT2D eigenvalue weighted by Gasteiger charge is 2.09. The first kappa shape index (κ1) is 9.79. The lowest BCUT2D eigenvalue weighted by atomic mass is 10.1. The molecule has 0 amide bonds. The molecule has 1 aromatic carbocycles. The second-order valence-electron chi connectivity index (χ2n) is 4.04. The van der Waals surface area contributed by atoms with Crippen molar-refractivity contribution in [1.82, 2.24) is 4.57 Å². The van der Waals surface area contributed by atoms with E-state index in [9.17, 15) is 0 Å². The lowest BCUT2D eigenvalue weighted by Gasteiger charge is -2.02. The van der Waals surface area contributed by atoms with Crippen LogP contribution in [0.15, 0.2) is 18.3 Å². The molecule has 2 nitrogen and oxygen atoms in total. The van der Waals surface area contributed by atoms with Gasteiger partial charge in [0.2, 0.25) is 6.54 Å². The van der Waals surface area contributed by atoms with Crippen molar-refractivity contribution in [3.8, 4) is 0 Å². The summed E-state index contributed by atoms with van der Waals surface area (Å²) >= 11 is 0. The number of hydrogen-bond donors (Lipinski definition) is 0. The van der Waals surface area contributed by atoms with E-state index in [1.807, 2.05) is 7.05 Å². The van der Waals surface area contributed by atoms with Crippen LogP contribution in [0.25, 0.3) is 15.7 Å². The SMILES string of the molecule is [C-]#[N+]Cc1cn(C)c2cc(C)c(C)cc12. The lowest BCUT2D eigenvalue weighted by Crippen LogP contribution is -1.86. The van der Waals surface area contributed by atoms with Crippen LogP contribution in [-0.2, 0) is 13.6 Å². The van der Waals surface area contributed by atoms with Crippen LogP contribution in [0.1, 0.15) is 16.7 Å². The zero-order chi connectivity index (χ0) is 11.0. The Kier molecular flexibility index (Phi) is 2.24. The van der Waals surface area contributed by atoms with Crippen molar-refractivity contribution in [1.29, 1.82) is 0 Å². The van der Waals surface area contributed by atoms with Crippen molar-refractivity contribution in [2.45, 2.75) is 20.4 Å². The van der Waals surface area contributed by atoms with Gasteiger partial charge in [0.1, 0.15) is 0 Å². The van der Waals surface area contributed by atoms with E-state index < -0.39 is 0 Å². The summed E-state index contributed by atoms with van der Waals surface area (Å²) in [4.78, 5) is 3.46. The molecular formula is C13H14N2. The van der Waals surface area contributed by atoms with Gasteiger partial charge in [-0.3, -0.25) is 0 Å². The molecule has 2 heteroatoms. The van der Waals surface area contributed by atoms with Gasteiger partial charge in [0, 0.05) is 24.1 Å². The van der Waals surface area contributed by atoms with Gasteiger partial charge in [-0.05, 0) is 37.1 Å². The predicted molar refractivity (Wildman–Crippen MR) is 62.7 cm³/mol. The maximum Gasteiger partial charge on any atom is 0.241 e. The summed E-state index contributed by atoms with van der Waals surface area (Å²) < 4.78 is 2.10. The van der Waals surface area contributed by atoms with Gasteiger partial charge in [-0.2, -0.15) is 0 Å². The van der Waals surface area contributed by atoms with Crippen LogP contribution in [0.2, 0.25) is 0 Å². The van der Waals surface area contributed by atoms with E-state index in [0.29, 0.717) is 6.54 Å². The Hall–Kier alpha value is -1.75. The minimum atomic E-state index is 0.472. The maximum atomic E-state index is 6.94. The van der Waals surface area contributed by atoms with E-state index >= 15 is 0 Å². The molecule has 2 aromatic rings. The zero-order valence-corrected chi connectivity index (χ0v) is 9.33. The Morgan fingerprint density at radius 1 is 1.27 bits per heavy atom. The Labute approximate surface area is 90.0 Å². The second-order valence-corrected chi connectivity index (χ2v) is 4.04. The van der Waals surface area contributed by atoms with Crippen molar-refractivity contribution >= 4 is 10.9 Å². The summed E-state index contributed by atoms with van der Waals surface area (Å²) in [7, 11) is 2.03. The van der Waals surface area contributed by atoms with Crippen LogP contribution < -0.4 is 0 Å². The molecule has 0 N–H and O–H groups in total. The number of aryl methyl sites for hydroxylation is 3. The molecule has 0 aliphatic heterocycles. The van der Waals surface area contributed by atoms with Gasteiger partial charge in [0.05, 0.1) is 5.56 Å². The molecule has 0 bridgehead atoms. The molecule has 1 heterocycles. The summed E-state index contributed by atoms with van der Waals surface area (Å²) in [6, 6.07) is 4.38. The average molecular weight is 198 g/mol. The van der Waals surface area contributed by atoms with Crippen LogP contribution in [0.4, 0.5) is 0 Å². The van der Waals surface area contributed by atoms with Gasteiger partial charge in [-0.1, -0.05) is 0 Å². The van der Waals surface area contributed by atoms with E-state index in [1.165, 1.54) is 22.0 Å². The van der Waals surface area contributed by atoms with Crippen LogP contribution in [-0.4, -0.2) is 4.57 Å². The topological polar surface area (TPSA) is 9.29 Å². The molecule has 0 fully saturated rings. The van der Waals surface area contributed by atoms with Crippen molar-refractivity contribution < 1.29 is 0 Å². The van der Waals surface area contributed by atoms with E-state index in [-0.39, 0.29) is 0 Å². The lowest BCUT2D eigenvalue weighted by molar-refractivity contribution is 0.958. The fraction of sp³-hybridized carbons (Fsp3) is 0.308. The Bertz CT molecular complexity index is 556. The van der Waals surface area contributed by atoms with Crippen molar-refractivity contribution in [3.05, 3.63) is 46.4 Å². The summed E-state index contributed by atoms with van der Waals surface area (Å²) in [6.45, 7) is 11.6. The highest BCUT2D eigenvalue weighted by Crippen LogP contribution is 2.24. The molecule has 1 aromatic heterocycles. The molecule has 15 heavy (non-hydrogen) atoms. The first-order valence-electron chi connectivity index (χ1n) is 5.02. The molecule has 0 saturated carbocycles. The molecule has 0 aliphatic rings. The van der Waals surface area contributed by atoms with Gasteiger partial charge in [0.25, 0.3) is 0 Å². The zero-order valence-electron chi connectivity index (χ0n) is 9.33. The number of aromatic nitrogens is 1. The van der Waals surface area contributed by atoms with Crippen LogP contribution in [0, 0.1) is 20.4 Å². The summed E-state index contributed by atoms with van der Waals surface area (Å²) in [5.74, 6) is 0. The third-order valence-corrected chi connectivity index (χ3v) is 2.94. The molecule has 76 valence electrons. The monoisotopic (exact) mass is 198 g/mol. The normalized spacial score (nSPS) is 10.5. The highest BCUT2D eigenvalue weighted by atomic mass is 14.9. The predicted octanol–water partition coefficient (Wildman–Crippen LogP) is 3.21. The van der Waals surface area contributed by atoms with E-state index in [1.54, 1.807) is 0 Å². The van der Waals surface area contributed by atoms with Gasteiger partial charge in [0.15, 0.2) is 0 Å². The maximum absolute atomic E-state index is 6.94. The Balaban J connectivity index is 2.77. The molecule has 0 radical (unpaired) electrons. The Morgan fingerprint density at radius 3 is 2.60 bits per heavy atom. The van der Waals surface area contributed by atoms with Gasteiger partial charge in [-0.15, -0.1) is 0 Å². The summed E-state index contributed by atoms with van der Waals surface area (Å²) in [6.07, 6.45) is 2.06. The van der Waals surface area contributed by atoms with Crippen LogP contribution in [0.3, 0.4) is 0 Å². The fourth-order valence-electron chi connectivity index (χ4n) is 1.93. The summed E-state index contributed by atoms with van der Waals surface area (Å²) in [5, 5.41) is 1.22. The third-order valence-electron chi connectivity index (χ3n) is 2.94. The van der Waals surface area contributed by atoms with Gasteiger partial charge < -0.3 is 9.41 Å². The fourth-order valence-corrected chi connectivity index (χ4v) is 1.93. The quantitative estimate of drug-likeness (QED) is 0.622. The number of nitrogens with zero attached hydrogens (tertiary/aromatic N) is 2. The number of fused-ring (bicyclic) bond motifs is 1. The number of hydrogen-bond acceptors (Lipinski definition) is 0. The molecule has 0 aliphatic carbocycles. The summed E-state index contributed by atoms with van der Waals surface area (Å²) in [5.41, 5.74) is 4.94. The molecule has 2 rings (SSSR count). The van der Waals surface area contributed by atoms with E-state index in [2.05, 4.69) is 41.6 Å². The molecule has 0 spiro atoms. The van der Waals surface area contributed by atoms with E-state index in [4.69, 9.17) is 6.57 Å². The Morgan fingerprint density at radius 2 is 1.93 bits per heavy atom. The molecule has 0 saturated heterocycles. The molecular weight excluding hydrogens is 184 g/mol. The standard InChI is InChI=1S/C13H14N2/c1-9-5-12-11(7-14-3)8-15(4)13(12)6-10(9)2/h5-6,8H,7H2,1-2,4H3.